The molecule has 0 unspecified atom stereocenters. The number of benzene rings is 2. The van der Waals surface area contributed by atoms with Gasteiger partial charge in [-0.25, -0.2) is 9.79 Å². The highest BCUT2D eigenvalue weighted by Crippen LogP contribution is 2.35. The summed E-state index contributed by atoms with van der Waals surface area (Å²) in [5.41, 5.74) is 1.21. The lowest BCUT2D eigenvalue weighted by atomic mass is 10.00. The maximum absolute atomic E-state index is 13.5. The Balaban J connectivity index is 1.82. The number of thiazole rings is 1. The van der Waals surface area contributed by atoms with E-state index in [0.717, 1.165) is 23.3 Å². The number of hydrogen-bond acceptors (Lipinski definition) is 9. The van der Waals surface area contributed by atoms with Gasteiger partial charge >= 0.3 is 5.97 Å². The van der Waals surface area contributed by atoms with Crippen LogP contribution in [0, 0.1) is 10.1 Å². The Bertz CT molecular complexity index is 1610. The van der Waals surface area contributed by atoms with Crippen LogP contribution >= 0.6 is 11.3 Å². The van der Waals surface area contributed by atoms with Gasteiger partial charge in [-0.1, -0.05) is 55.0 Å². The summed E-state index contributed by atoms with van der Waals surface area (Å²) in [4.78, 5) is 42.7. The molecule has 1 atom stereocenters. The number of carbonyl (C=O) groups is 1. The van der Waals surface area contributed by atoms with E-state index in [4.69, 9.17) is 14.2 Å². The lowest BCUT2D eigenvalue weighted by molar-refractivity contribution is -0.385. The molecule has 39 heavy (non-hydrogen) atoms. The van der Waals surface area contributed by atoms with Gasteiger partial charge in [0.25, 0.3) is 11.2 Å². The van der Waals surface area contributed by atoms with Crippen molar-refractivity contribution in [2.45, 2.75) is 46.3 Å². The van der Waals surface area contributed by atoms with Gasteiger partial charge in [-0.3, -0.25) is 19.5 Å². The van der Waals surface area contributed by atoms with Gasteiger partial charge in [0.2, 0.25) is 0 Å². The van der Waals surface area contributed by atoms with Gasteiger partial charge in [0.15, 0.2) is 16.3 Å². The fraction of sp³-hybridized carbons (Fsp3) is 0.321. The van der Waals surface area contributed by atoms with Gasteiger partial charge in [-0.15, -0.1) is 0 Å². The van der Waals surface area contributed by atoms with E-state index >= 15 is 0 Å². The smallest absolute Gasteiger partial charge is 0.337 e. The van der Waals surface area contributed by atoms with E-state index in [9.17, 15) is 19.7 Å². The number of esters is 1. The minimum Gasteiger partial charge on any atom is -0.493 e. The topological polar surface area (TPSA) is 122 Å². The van der Waals surface area contributed by atoms with Gasteiger partial charge in [-0.2, -0.15) is 0 Å². The highest BCUT2D eigenvalue weighted by molar-refractivity contribution is 7.07. The summed E-state index contributed by atoms with van der Waals surface area (Å²) < 4.78 is 18.1. The molecule has 0 radical (unpaired) electrons. The van der Waals surface area contributed by atoms with Gasteiger partial charge in [0, 0.05) is 5.70 Å². The Morgan fingerprint density at radius 1 is 1.21 bits per heavy atom. The average Bonchev–Trinajstić information content (AvgIpc) is 3.23. The van der Waals surface area contributed by atoms with E-state index in [1.165, 1.54) is 29.9 Å². The van der Waals surface area contributed by atoms with E-state index in [1.807, 2.05) is 37.3 Å². The zero-order valence-electron chi connectivity index (χ0n) is 22.1. The van der Waals surface area contributed by atoms with E-state index in [1.54, 1.807) is 13.8 Å². The summed E-state index contributed by atoms with van der Waals surface area (Å²) in [7, 11) is 1.44. The van der Waals surface area contributed by atoms with Gasteiger partial charge in [-0.05, 0) is 38.0 Å². The normalized spacial score (nSPS) is 15.0. The number of carbonyl (C=O) groups excluding carboxylic acids is 1. The fourth-order valence-electron chi connectivity index (χ4n) is 4.38. The van der Waals surface area contributed by atoms with Crippen molar-refractivity contribution in [3.8, 4) is 11.5 Å². The first-order valence-electron chi connectivity index (χ1n) is 12.5. The van der Waals surface area contributed by atoms with E-state index in [2.05, 4.69) is 4.99 Å². The summed E-state index contributed by atoms with van der Waals surface area (Å²) in [6.45, 7) is 5.80. The van der Waals surface area contributed by atoms with E-state index in [0.29, 0.717) is 22.5 Å². The molecule has 2 heterocycles. The fourth-order valence-corrected chi connectivity index (χ4v) is 5.43. The van der Waals surface area contributed by atoms with Crippen molar-refractivity contribution in [3.63, 3.8) is 0 Å². The van der Waals surface area contributed by atoms with Crippen LogP contribution in [0.2, 0.25) is 0 Å². The Kier molecular flexibility index (Phi) is 8.60. The molecule has 0 amide bonds. The number of nitrogens with zero attached hydrogens (tertiary/aromatic N) is 3. The highest BCUT2D eigenvalue weighted by atomic mass is 32.1. The third-order valence-electron chi connectivity index (χ3n) is 6.22. The van der Waals surface area contributed by atoms with Crippen molar-refractivity contribution in [2.75, 3.05) is 13.7 Å². The standard InChI is InChI=1S/C28H29N3O7S/c1-5-10-20-25(27(33)37-6-2)17(3)30-26(32)24(39-28(30)29-20)14-19-13-22(36-4)23(15-21(19)31(34)35)38-16-18-11-8-7-9-12-18/h7-9,11-15,20H,5-6,10,16H2,1-4H3/b24-14-/t20-/m1/s1. The Morgan fingerprint density at radius 2 is 1.95 bits per heavy atom. The second-order valence-electron chi connectivity index (χ2n) is 8.78. The van der Waals surface area contributed by atoms with Crippen LogP contribution in [0.25, 0.3) is 11.8 Å². The molecule has 0 N–H and O–H groups in total. The molecule has 1 aliphatic heterocycles. The van der Waals surface area contributed by atoms with Crippen LogP contribution in [0.3, 0.4) is 0 Å². The molecular weight excluding hydrogens is 522 g/mol. The number of methoxy groups -OCH3 is 1. The number of aromatic nitrogens is 1. The largest absolute Gasteiger partial charge is 0.493 e. The lowest BCUT2D eigenvalue weighted by Crippen LogP contribution is -2.37. The maximum Gasteiger partial charge on any atom is 0.337 e. The third-order valence-corrected chi connectivity index (χ3v) is 7.20. The molecule has 0 spiro atoms. The molecular formula is C28H29N3O7S. The quantitative estimate of drug-likeness (QED) is 0.213. The number of ether oxygens (including phenoxy) is 3. The second kappa shape index (κ2) is 12.1. The molecule has 4 rings (SSSR count). The molecule has 10 nitrogen and oxygen atoms in total. The van der Waals surface area contributed by atoms with Crippen LogP contribution in [0.1, 0.15) is 44.7 Å². The van der Waals surface area contributed by atoms with Crippen molar-refractivity contribution < 1.29 is 23.9 Å². The van der Waals surface area contributed by atoms with Crippen LogP contribution < -0.4 is 24.4 Å². The Hall–Kier alpha value is -4.25. The van der Waals surface area contributed by atoms with Crippen molar-refractivity contribution in [1.82, 2.24) is 4.57 Å². The highest BCUT2D eigenvalue weighted by Gasteiger charge is 2.29. The lowest BCUT2D eigenvalue weighted by Gasteiger charge is -2.21. The SMILES string of the molecule is CCC[C@H]1N=c2s/c(=C\c3cc(OC)c(OCc4ccccc4)cc3[N+](=O)[O-])c(=O)n2C(C)=C1C(=O)OCC. The maximum atomic E-state index is 13.5. The molecule has 1 aromatic heterocycles. The predicted molar refractivity (Wildman–Crippen MR) is 148 cm³/mol. The molecule has 2 aromatic carbocycles. The summed E-state index contributed by atoms with van der Waals surface area (Å²) in [6, 6.07) is 11.7. The van der Waals surface area contributed by atoms with E-state index < -0.39 is 22.5 Å². The summed E-state index contributed by atoms with van der Waals surface area (Å²) in [5, 5.41) is 12.0. The molecule has 3 aromatic rings. The minimum absolute atomic E-state index is 0.178. The summed E-state index contributed by atoms with van der Waals surface area (Å²) >= 11 is 1.11. The summed E-state index contributed by atoms with van der Waals surface area (Å²) in [5.74, 6) is -0.00168. The first-order chi connectivity index (χ1) is 18.8. The molecule has 0 saturated carbocycles. The molecule has 0 bridgehead atoms. The number of allylic oxidation sites excluding steroid dienone is 1. The zero-order valence-corrected chi connectivity index (χ0v) is 22.9. The molecule has 1 aliphatic rings. The molecule has 204 valence electrons. The monoisotopic (exact) mass is 551 g/mol. The summed E-state index contributed by atoms with van der Waals surface area (Å²) in [6.07, 6.45) is 2.84. The van der Waals surface area contributed by atoms with Gasteiger partial charge in [0.1, 0.15) is 6.61 Å². The third kappa shape index (κ3) is 5.78. The van der Waals surface area contributed by atoms with Crippen molar-refractivity contribution in [1.29, 1.82) is 0 Å². The predicted octanol–water partition coefficient (Wildman–Crippen LogP) is 3.83. The first kappa shape index (κ1) is 27.8. The number of fused-ring (bicyclic) bond motifs is 1. The number of nitro benzene ring substituents is 1. The van der Waals surface area contributed by atoms with Crippen LogP contribution in [0.4, 0.5) is 5.69 Å². The van der Waals surface area contributed by atoms with Gasteiger partial charge in [0.05, 0.1) is 46.4 Å². The van der Waals surface area contributed by atoms with Crippen LogP contribution in [-0.2, 0) is 16.1 Å². The number of hydrogen-bond donors (Lipinski definition) is 0. The molecule has 0 fully saturated rings. The number of nitro groups is 1. The van der Waals surface area contributed by atoms with Crippen LogP contribution in [-0.4, -0.2) is 35.2 Å². The van der Waals surface area contributed by atoms with Crippen LogP contribution in [0.15, 0.2) is 57.8 Å². The minimum atomic E-state index is -0.530. The first-order valence-corrected chi connectivity index (χ1v) is 13.3. The second-order valence-corrected chi connectivity index (χ2v) is 9.79. The van der Waals surface area contributed by atoms with Gasteiger partial charge < -0.3 is 14.2 Å². The molecule has 11 heteroatoms. The molecule has 0 aliphatic carbocycles. The Labute approximate surface area is 228 Å². The zero-order chi connectivity index (χ0) is 28.1. The molecule has 0 saturated heterocycles. The number of rotatable bonds is 10. The van der Waals surface area contributed by atoms with Crippen molar-refractivity contribution in [3.05, 3.63) is 89.0 Å². The van der Waals surface area contributed by atoms with E-state index in [-0.39, 0.29) is 40.5 Å². The average molecular weight is 552 g/mol. The Morgan fingerprint density at radius 3 is 2.59 bits per heavy atom. The van der Waals surface area contributed by atoms with Crippen LogP contribution in [0.5, 0.6) is 11.5 Å². The van der Waals surface area contributed by atoms with Crippen molar-refractivity contribution >= 4 is 34.8 Å². The van der Waals surface area contributed by atoms with Crippen molar-refractivity contribution in [2.24, 2.45) is 4.99 Å².